The SMILES string of the molecule is CN(C)Cc1ccc(CNC(=O)N[C@@H]2CCO[C@H](C3CC3)C2)cc1F. The molecule has 1 saturated heterocycles. The van der Waals surface area contributed by atoms with Crippen LogP contribution in [-0.4, -0.2) is 43.8 Å². The Kier molecular flexibility index (Phi) is 5.91. The number of nitrogens with one attached hydrogen (secondary N) is 2. The monoisotopic (exact) mass is 349 g/mol. The molecule has 0 bridgehead atoms. The van der Waals surface area contributed by atoms with Crippen LogP contribution in [0.4, 0.5) is 9.18 Å². The first-order valence-corrected chi connectivity index (χ1v) is 9.09. The molecule has 0 aromatic heterocycles. The van der Waals surface area contributed by atoms with E-state index in [2.05, 4.69) is 10.6 Å². The first kappa shape index (κ1) is 18.1. The molecule has 1 aromatic rings. The minimum absolute atomic E-state index is 0.165. The van der Waals surface area contributed by atoms with E-state index >= 15 is 0 Å². The number of ether oxygens (including phenoxy) is 1. The predicted molar refractivity (Wildman–Crippen MR) is 94.6 cm³/mol. The van der Waals surface area contributed by atoms with Crippen molar-refractivity contribution in [2.75, 3.05) is 20.7 Å². The fourth-order valence-electron chi connectivity index (χ4n) is 3.34. The molecule has 1 aliphatic heterocycles. The van der Waals surface area contributed by atoms with E-state index in [1.807, 2.05) is 25.1 Å². The zero-order valence-corrected chi connectivity index (χ0v) is 15.1. The molecular formula is C19H28FN3O2. The minimum Gasteiger partial charge on any atom is -0.378 e. The molecule has 6 heteroatoms. The lowest BCUT2D eigenvalue weighted by Crippen LogP contribution is -2.46. The summed E-state index contributed by atoms with van der Waals surface area (Å²) in [5.41, 5.74) is 1.42. The first-order valence-electron chi connectivity index (χ1n) is 9.09. The van der Waals surface area contributed by atoms with E-state index in [1.165, 1.54) is 18.9 Å². The number of urea groups is 1. The molecule has 5 nitrogen and oxygen atoms in total. The molecule has 2 fully saturated rings. The Labute approximate surface area is 148 Å². The summed E-state index contributed by atoms with van der Waals surface area (Å²) < 4.78 is 19.8. The van der Waals surface area contributed by atoms with Crippen molar-refractivity contribution in [3.8, 4) is 0 Å². The Hall–Kier alpha value is -1.66. The lowest BCUT2D eigenvalue weighted by molar-refractivity contribution is -0.00914. The number of halogens is 1. The highest BCUT2D eigenvalue weighted by molar-refractivity contribution is 5.74. The Morgan fingerprint density at radius 3 is 2.80 bits per heavy atom. The highest BCUT2D eigenvalue weighted by atomic mass is 19.1. The molecule has 1 saturated carbocycles. The number of rotatable bonds is 6. The molecular weight excluding hydrogens is 321 g/mol. The highest BCUT2D eigenvalue weighted by Crippen LogP contribution is 2.38. The highest BCUT2D eigenvalue weighted by Gasteiger charge is 2.36. The van der Waals surface area contributed by atoms with Crippen molar-refractivity contribution in [1.82, 2.24) is 15.5 Å². The van der Waals surface area contributed by atoms with Gasteiger partial charge in [0.2, 0.25) is 0 Å². The Morgan fingerprint density at radius 2 is 2.12 bits per heavy atom. The normalized spacial score (nSPS) is 23.5. The van der Waals surface area contributed by atoms with E-state index in [4.69, 9.17) is 4.74 Å². The first-order chi connectivity index (χ1) is 12.0. The van der Waals surface area contributed by atoms with Crippen LogP contribution in [0.25, 0.3) is 0 Å². The average Bonchev–Trinajstić information content (AvgIpc) is 3.40. The van der Waals surface area contributed by atoms with Crippen LogP contribution < -0.4 is 10.6 Å². The smallest absolute Gasteiger partial charge is 0.315 e. The summed E-state index contributed by atoms with van der Waals surface area (Å²) in [4.78, 5) is 14.0. The van der Waals surface area contributed by atoms with Crippen LogP contribution in [0, 0.1) is 11.7 Å². The molecule has 2 aliphatic rings. The zero-order valence-electron chi connectivity index (χ0n) is 15.1. The summed E-state index contributed by atoms with van der Waals surface area (Å²) in [6, 6.07) is 5.11. The van der Waals surface area contributed by atoms with E-state index < -0.39 is 0 Å². The Morgan fingerprint density at radius 1 is 1.32 bits per heavy atom. The van der Waals surface area contributed by atoms with E-state index in [9.17, 15) is 9.18 Å². The maximum absolute atomic E-state index is 14.1. The molecule has 2 atom stereocenters. The molecule has 3 rings (SSSR count). The Balaban J connectivity index is 1.44. The van der Waals surface area contributed by atoms with Crippen molar-refractivity contribution in [2.45, 2.75) is 50.9 Å². The standard InChI is InChI=1S/C19H28FN3O2/c1-23(2)12-15-4-3-13(9-17(15)20)11-21-19(24)22-16-7-8-25-18(10-16)14-5-6-14/h3-4,9,14,16,18H,5-8,10-12H2,1-2H3,(H2,21,22,24)/t16-,18+/m1/s1. The predicted octanol–water partition coefficient (Wildman–Crippen LogP) is 2.64. The maximum Gasteiger partial charge on any atom is 0.315 e. The fourth-order valence-corrected chi connectivity index (χ4v) is 3.34. The van der Waals surface area contributed by atoms with Crippen molar-refractivity contribution in [2.24, 2.45) is 5.92 Å². The molecule has 2 amide bonds. The third kappa shape index (κ3) is 5.41. The molecule has 0 spiro atoms. The van der Waals surface area contributed by atoms with Gasteiger partial charge in [-0.05, 0) is 57.3 Å². The van der Waals surface area contributed by atoms with E-state index in [0.29, 0.717) is 37.3 Å². The fraction of sp³-hybridized carbons (Fsp3) is 0.632. The number of amides is 2. The van der Waals surface area contributed by atoms with Crippen LogP contribution in [0.2, 0.25) is 0 Å². The minimum atomic E-state index is -0.231. The van der Waals surface area contributed by atoms with Crippen molar-refractivity contribution >= 4 is 6.03 Å². The van der Waals surface area contributed by atoms with Gasteiger partial charge in [-0.2, -0.15) is 0 Å². The van der Waals surface area contributed by atoms with Crippen LogP contribution in [0.3, 0.4) is 0 Å². The number of benzene rings is 1. The van der Waals surface area contributed by atoms with Gasteiger partial charge in [0.05, 0.1) is 6.10 Å². The summed E-state index contributed by atoms with van der Waals surface area (Å²) in [5, 5.41) is 5.85. The lowest BCUT2D eigenvalue weighted by Gasteiger charge is -2.30. The quantitative estimate of drug-likeness (QED) is 0.830. The Bertz CT molecular complexity index is 604. The summed E-state index contributed by atoms with van der Waals surface area (Å²) in [5.74, 6) is 0.460. The van der Waals surface area contributed by atoms with Gasteiger partial charge < -0.3 is 20.3 Å². The zero-order chi connectivity index (χ0) is 17.8. The van der Waals surface area contributed by atoms with Crippen molar-refractivity contribution < 1.29 is 13.9 Å². The number of nitrogens with zero attached hydrogens (tertiary/aromatic N) is 1. The van der Waals surface area contributed by atoms with Gasteiger partial charge >= 0.3 is 6.03 Å². The van der Waals surface area contributed by atoms with Gasteiger partial charge in [-0.3, -0.25) is 0 Å². The molecule has 1 aromatic carbocycles. The largest absolute Gasteiger partial charge is 0.378 e. The van der Waals surface area contributed by atoms with Gasteiger partial charge in [0.15, 0.2) is 0 Å². The molecule has 1 heterocycles. The third-order valence-electron chi connectivity index (χ3n) is 4.86. The van der Waals surface area contributed by atoms with Crippen LogP contribution in [0.15, 0.2) is 18.2 Å². The second-order valence-corrected chi connectivity index (χ2v) is 7.46. The van der Waals surface area contributed by atoms with Gasteiger partial charge in [-0.1, -0.05) is 12.1 Å². The number of carbonyl (C=O) groups is 1. The number of carbonyl (C=O) groups excluding carboxylic acids is 1. The van der Waals surface area contributed by atoms with Crippen LogP contribution in [0.5, 0.6) is 0 Å². The molecule has 0 unspecified atom stereocenters. The van der Waals surface area contributed by atoms with Gasteiger partial charge in [0, 0.05) is 31.3 Å². The van der Waals surface area contributed by atoms with E-state index in [0.717, 1.165) is 18.4 Å². The van der Waals surface area contributed by atoms with Crippen LogP contribution in [-0.2, 0) is 17.8 Å². The summed E-state index contributed by atoms with van der Waals surface area (Å²) in [6.07, 6.45) is 4.55. The third-order valence-corrected chi connectivity index (χ3v) is 4.86. The van der Waals surface area contributed by atoms with Gasteiger partial charge in [0.25, 0.3) is 0 Å². The van der Waals surface area contributed by atoms with Gasteiger partial charge in [0.1, 0.15) is 5.82 Å². The summed E-state index contributed by atoms with van der Waals surface area (Å²) in [7, 11) is 3.81. The van der Waals surface area contributed by atoms with Crippen molar-refractivity contribution in [3.63, 3.8) is 0 Å². The van der Waals surface area contributed by atoms with Crippen molar-refractivity contribution in [3.05, 3.63) is 35.1 Å². The van der Waals surface area contributed by atoms with E-state index in [1.54, 1.807) is 6.07 Å². The van der Waals surface area contributed by atoms with E-state index in [-0.39, 0.29) is 17.9 Å². The summed E-state index contributed by atoms with van der Waals surface area (Å²) >= 11 is 0. The van der Waals surface area contributed by atoms with Crippen LogP contribution >= 0.6 is 0 Å². The molecule has 2 N–H and O–H groups in total. The number of hydrogen-bond acceptors (Lipinski definition) is 3. The lowest BCUT2D eigenvalue weighted by atomic mass is 10.0. The van der Waals surface area contributed by atoms with Crippen molar-refractivity contribution in [1.29, 1.82) is 0 Å². The topological polar surface area (TPSA) is 53.6 Å². The molecule has 25 heavy (non-hydrogen) atoms. The molecule has 138 valence electrons. The second kappa shape index (κ2) is 8.15. The second-order valence-electron chi connectivity index (χ2n) is 7.46. The van der Waals surface area contributed by atoms with Crippen LogP contribution in [0.1, 0.15) is 36.8 Å². The van der Waals surface area contributed by atoms with Gasteiger partial charge in [-0.25, -0.2) is 9.18 Å². The maximum atomic E-state index is 14.1. The number of hydrogen-bond donors (Lipinski definition) is 2. The molecule has 1 aliphatic carbocycles. The average molecular weight is 349 g/mol. The summed E-state index contributed by atoms with van der Waals surface area (Å²) in [6.45, 7) is 1.59. The molecule has 0 radical (unpaired) electrons. The van der Waals surface area contributed by atoms with Gasteiger partial charge in [-0.15, -0.1) is 0 Å².